The van der Waals surface area contributed by atoms with Crippen molar-refractivity contribution >= 4 is 39.1 Å². The Balaban J connectivity index is 1.81. The highest BCUT2D eigenvalue weighted by Gasteiger charge is 2.11. The molecule has 1 amide bonds. The molecule has 6 heteroatoms. The maximum absolute atomic E-state index is 12.4. The number of aryl methyl sites for hydroxylation is 1. The van der Waals surface area contributed by atoms with Crippen molar-refractivity contribution in [2.45, 2.75) is 6.92 Å². The molecule has 116 valence electrons. The maximum Gasteiger partial charge on any atom is 0.258 e. The highest BCUT2D eigenvalue weighted by atomic mass is 79.9. The molecule has 0 radical (unpaired) electrons. The second-order valence-corrected chi connectivity index (χ2v) is 6.42. The highest BCUT2D eigenvalue weighted by Crippen LogP contribution is 2.21. The number of amides is 1. The van der Waals surface area contributed by atoms with Crippen LogP contribution in [0.5, 0.6) is 0 Å². The van der Waals surface area contributed by atoms with Gasteiger partial charge in [-0.15, -0.1) is 0 Å². The molecule has 4 nitrogen and oxygen atoms in total. The Hall–Kier alpha value is -2.11. The average molecular weight is 391 g/mol. The zero-order chi connectivity index (χ0) is 16.4. The Kier molecular flexibility index (Phi) is 4.50. The summed E-state index contributed by atoms with van der Waals surface area (Å²) < 4.78 is 2.59. The van der Waals surface area contributed by atoms with Gasteiger partial charge in [-0.2, -0.15) is 5.10 Å². The Morgan fingerprint density at radius 2 is 2.09 bits per heavy atom. The lowest BCUT2D eigenvalue weighted by Gasteiger charge is -2.07. The van der Waals surface area contributed by atoms with Gasteiger partial charge in [-0.3, -0.25) is 4.79 Å². The van der Waals surface area contributed by atoms with Crippen LogP contribution < -0.4 is 5.32 Å². The molecule has 0 bridgehead atoms. The van der Waals surface area contributed by atoms with Gasteiger partial charge in [-0.1, -0.05) is 33.6 Å². The quantitative estimate of drug-likeness (QED) is 0.695. The normalized spacial score (nSPS) is 10.6. The number of nitrogens with one attached hydrogen (secondary N) is 1. The number of hydrogen-bond acceptors (Lipinski definition) is 2. The Morgan fingerprint density at radius 3 is 2.83 bits per heavy atom. The largest absolute Gasteiger partial charge is 0.322 e. The number of hydrogen-bond donors (Lipinski definition) is 1. The molecule has 0 saturated heterocycles. The van der Waals surface area contributed by atoms with Crippen molar-refractivity contribution in [3.8, 4) is 5.69 Å². The topological polar surface area (TPSA) is 46.9 Å². The van der Waals surface area contributed by atoms with E-state index in [2.05, 4.69) is 26.3 Å². The Labute approximate surface area is 147 Å². The number of benzene rings is 2. The lowest BCUT2D eigenvalue weighted by molar-refractivity contribution is 0.102. The van der Waals surface area contributed by atoms with Crippen LogP contribution in [0.1, 0.15) is 15.9 Å². The first-order valence-corrected chi connectivity index (χ1v) is 8.08. The first-order chi connectivity index (χ1) is 11.0. The minimum absolute atomic E-state index is 0.205. The van der Waals surface area contributed by atoms with E-state index < -0.39 is 0 Å². The molecule has 0 spiro atoms. The van der Waals surface area contributed by atoms with E-state index >= 15 is 0 Å². The molecule has 0 saturated carbocycles. The monoisotopic (exact) mass is 389 g/mol. The Morgan fingerprint density at radius 1 is 1.26 bits per heavy atom. The van der Waals surface area contributed by atoms with Crippen LogP contribution in [0.3, 0.4) is 0 Å². The number of rotatable bonds is 3. The van der Waals surface area contributed by atoms with Crippen LogP contribution in [-0.2, 0) is 0 Å². The molecule has 0 unspecified atom stereocenters. The van der Waals surface area contributed by atoms with Crippen LogP contribution in [0.2, 0.25) is 5.02 Å². The molecular weight excluding hydrogens is 378 g/mol. The van der Waals surface area contributed by atoms with Crippen LogP contribution in [0.25, 0.3) is 5.69 Å². The number of nitrogens with zero attached hydrogens (tertiary/aromatic N) is 2. The van der Waals surface area contributed by atoms with E-state index in [4.69, 9.17) is 11.6 Å². The third-order valence-corrected chi connectivity index (χ3v) is 4.08. The van der Waals surface area contributed by atoms with Crippen LogP contribution in [-0.4, -0.2) is 15.7 Å². The summed E-state index contributed by atoms with van der Waals surface area (Å²) in [6, 6.07) is 13.0. The fraction of sp³-hybridized carbons (Fsp3) is 0.0588. The molecule has 0 aliphatic carbocycles. The molecule has 0 atom stereocenters. The molecule has 0 fully saturated rings. The van der Waals surface area contributed by atoms with Crippen LogP contribution >= 0.6 is 27.5 Å². The first-order valence-electron chi connectivity index (χ1n) is 6.91. The van der Waals surface area contributed by atoms with E-state index in [1.54, 1.807) is 23.0 Å². The summed E-state index contributed by atoms with van der Waals surface area (Å²) in [7, 11) is 0. The van der Waals surface area contributed by atoms with E-state index in [1.165, 1.54) is 6.20 Å². The van der Waals surface area contributed by atoms with Crippen molar-refractivity contribution in [1.82, 2.24) is 9.78 Å². The summed E-state index contributed by atoms with van der Waals surface area (Å²) in [5.74, 6) is -0.205. The lowest BCUT2D eigenvalue weighted by Crippen LogP contribution is -2.12. The summed E-state index contributed by atoms with van der Waals surface area (Å²) in [5, 5.41) is 7.73. The summed E-state index contributed by atoms with van der Waals surface area (Å²) in [5.41, 5.74) is 3.03. The average Bonchev–Trinajstić information content (AvgIpc) is 3.00. The van der Waals surface area contributed by atoms with Crippen molar-refractivity contribution in [2.24, 2.45) is 0 Å². The van der Waals surface area contributed by atoms with E-state index in [0.717, 1.165) is 21.4 Å². The summed E-state index contributed by atoms with van der Waals surface area (Å²) in [4.78, 5) is 12.4. The summed E-state index contributed by atoms with van der Waals surface area (Å²) in [6.07, 6.45) is 3.21. The van der Waals surface area contributed by atoms with Gasteiger partial charge in [0.05, 0.1) is 17.4 Å². The highest BCUT2D eigenvalue weighted by molar-refractivity contribution is 9.10. The predicted molar refractivity (Wildman–Crippen MR) is 95.4 cm³/mol. The zero-order valence-corrected chi connectivity index (χ0v) is 14.6. The van der Waals surface area contributed by atoms with Gasteiger partial charge in [-0.25, -0.2) is 4.68 Å². The molecular formula is C17H13BrClN3O. The maximum atomic E-state index is 12.4. The Bertz CT molecular complexity index is 876. The number of halogens is 2. The van der Waals surface area contributed by atoms with Crippen LogP contribution in [0, 0.1) is 6.92 Å². The molecule has 0 aliphatic heterocycles. The molecule has 3 rings (SSSR count). The zero-order valence-electron chi connectivity index (χ0n) is 12.3. The van der Waals surface area contributed by atoms with E-state index in [-0.39, 0.29) is 5.91 Å². The van der Waals surface area contributed by atoms with Crippen molar-refractivity contribution in [3.63, 3.8) is 0 Å². The first kappa shape index (κ1) is 15.8. The van der Waals surface area contributed by atoms with Gasteiger partial charge in [0.25, 0.3) is 5.91 Å². The van der Waals surface area contributed by atoms with Gasteiger partial charge in [0.2, 0.25) is 0 Å². The van der Waals surface area contributed by atoms with Gasteiger partial charge in [0.15, 0.2) is 0 Å². The van der Waals surface area contributed by atoms with Crippen LogP contribution in [0.4, 0.5) is 5.69 Å². The fourth-order valence-electron chi connectivity index (χ4n) is 2.16. The molecule has 1 aromatic heterocycles. The number of carbonyl (C=O) groups is 1. The van der Waals surface area contributed by atoms with E-state index in [1.807, 2.05) is 37.3 Å². The molecule has 1 heterocycles. The molecule has 2 aromatic carbocycles. The third-order valence-electron chi connectivity index (χ3n) is 3.35. The second-order valence-electron chi connectivity index (χ2n) is 5.07. The van der Waals surface area contributed by atoms with Gasteiger partial charge >= 0.3 is 0 Å². The SMILES string of the molecule is Cc1cc(Br)ccc1NC(=O)c1cnn(-c2cccc(Cl)c2)c1. The second kappa shape index (κ2) is 6.56. The van der Waals surface area contributed by atoms with Gasteiger partial charge in [-0.05, 0) is 48.9 Å². The summed E-state index contributed by atoms with van der Waals surface area (Å²) >= 11 is 9.38. The van der Waals surface area contributed by atoms with Gasteiger partial charge < -0.3 is 5.32 Å². The molecule has 3 aromatic rings. The van der Waals surface area contributed by atoms with Gasteiger partial charge in [0.1, 0.15) is 0 Å². The number of aromatic nitrogens is 2. The van der Waals surface area contributed by atoms with Crippen molar-refractivity contribution in [3.05, 3.63) is 75.5 Å². The predicted octanol–water partition coefficient (Wildman–Crippen LogP) is 4.85. The molecule has 23 heavy (non-hydrogen) atoms. The smallest absolute Gasteiger partial charge is 0.258 e. The van der Waals surface area contributed by atoms with E-state index in [9.17, 15) is 4.79 Å². The van der Waals surface area contributed by atoms with Crippen LogP contribution in [0.15, 0.2) is 59.3 Å². The number of carbonyl (C=O) groups excluding carboxylic acids is 1. The van der Waals surface area contributed by atoms with Crippen molar-refractivity contribution in [1.29, 1.82) is 0 Å². The molecule has 0 aliphatic rings. The lowest BCUT2D eigenvalue weighted by atomic mass is 10.2. The minimum Gasteiger partial charge on any atom is -0.322 e. The standard InChI is InChI=1S/C17H13BrClN3O/c1-11-7-13(18)5-6-16(11)21-17(23)12-9-20-22(10-12)15-4-2-3-14(19)8-15/h2-10H,1H3,(H,21,23). The summed E-state index contributed by atoms with van der Waals surface area (Å²) in [6.45, 7) is 1.94. The van der Waals surface area contributed by atoms with Crippen molar-refractivity contribution < 1.29 is 4.79 Å². The van der Waals surface area contributed by atoms with Gasteiger partial charge in [0, 0.05) is 21.4 Å². The molecule has 1 N–H and O–H groups in total. The minimum atomic E-state index is -0.205. The third kappa shape index (κ3) is 3.63. The fourth-order valence-corrected chi connectivity index (χ4v) is 2.82. The number of anilines is 1. The van der Waals surface area contributed by atoms with Crippen molar-refractivity contribution in [2.75, 3.05) is 5.32 Å². The van der Waals surface area contributed by atoms with E-state index in [0.29, 0.717) is 10.6 Å².